The SMILES string of the molecule is Cc1cccc(-n2c(=O)c(NC(=O)CC(C)(C)CC(=O)Nc3cc(Cl)ccc3OC(F)(F)F)c(C)n2C)n1. The van der Waals surface area contributed by atoms with Gasteiger partial charge in [0, 0.05) is 30.6 Å². The molecule has 0 saturated heterocycles. The number of halogens is 4. The van der Waals surface area contributed by atoms with Crippen molar-refractivity contribution in [2.24, 2.45) is 12.5 Å². The van der Waals surface area contributed by atoms with Crippen molar-refractivity contribution in [2.75, 3.05) is 10.6 Å². The molecule has 204 valence electrons. The highest BCUT2D eigenvalue weighted by Gasteiger charge is 2.33. The van der Waals surface area contributed by atoms with Crippen LogP contribution in [0.3, 0.4) is 0 Å². The Hall–Kier alpha value is -3.80. The summed E-state index contributed by atoms with van der Waals surface area (Å²) in [5.74, 6) is -1.39. The van der Waals surface area contributed by atoms with Crippen molar-refractivity contribution in [1.29, 1.82) is 0 Å². The summed E-state index contributed by atoms with van der Waals surface area (Å²) in [5, 5.41) is 5.09. The second-order valence-corrected chi connectivity index (χ2v) is 9.98. The Morgan fingerprint density at radius 2 is 1.68 bits per heavy atom. The quantitative estimate of drug-likeness (QED) is 0.402. The van der Waals surface area contributed by atoms with Crippen molar-refractivity contribution in [1.82, 2.24) is 14.3 Å². The second-order valence-electron chi connectivity index (χ2n) is 9.54. The summed E-state index contributed by atoms with van der Waals surface area (Å²) >= 11 is 5.86. The van der Waals surface area contributed by atoms with E-state index < -0.39 is 34.9 Å². The monoisotopic (exact) mass is 553 g/mol. The molecule has 38 heavy (non-hydrogen) atoms. The number of nitrogens with one attached hydrogen (secondary N) is 2. The van der Waals surface area contributed by atoms with E-state index in [1.807, 2.05) is 0 Å². The van der Waals surface area contributed by atoms with Crippen molar-refractivity contribution >= 4 is 34.8 Å². The highest BCUT2D eigenvalue weighted by Crippen LogP contribution is 2.34. The van der Waals surface area contributed by atoms with E-state index in [4.69, 9.17) is 11.6 Å². The molecular formula is C25H27ClF3N5O4. The van der Waals surface area contributed by atoms with Gasteiger partial charge in [-0.25, -0.2) is 4.98 Å². The Morgan fingerprint density at radius 3 is 2.29 bits per heavy atom. The van der Waals surface area contributed by atoms with Gasteiger partial charge in [-0.3, -0.25) is 19.1 Å². The zero-order valence-electron chi connectivity index (χ0n) is 21.4. The normalized spacial score (nSPS) is 11.8. The Kier molecular flexibility index (Phi) is 8.25. The molecule has 3 aromatic rings. The van der Waals surface area contributed by atoms with E-state index in [9.17, 15) is 27.6 Å². The van der Waals surface area contributed by atoms with Crippen molar-refractivity contribution < 1.29 is 27.5 Å². The van der Waals surface area contributed by atoms with Gasteiger partial charge in [-0.2, -0.15) is 4.68 Å². The Labute approximate surface area is 221 Å². The lowest BCUT2D eigenvalue weighted by molar-refractivity contribution is -0.274. The lowest BCUT2D eigenvalue weighted by Crippen LogP contribution is -2.29. The molecule has 0 unspecified atom stereocenters. The van der Waals surface area contributed by atoms with Crippen LogP contribution in [0.1, 0.15) is 38.1 Å². The number of nitrogens with zero attached hydrogens (tertiary/aromatic N) is 3. The van der Waals surface area contributed by atoms with E-state index in [0.29, 0.717) is 17.2 Å². The number of benzene rings is 1. The van der Waals surface area contributed by atoms with E-state index >= 15 is 0 Å². The van der Waals surface area contributed by atoms with E-state index in [2.05, 4.69) is 20.4 Å². The van der Waals surface area contributed by atoms with E-state index in [0.717, 1.165) is 12.1 Å². The van der Waals surface area contributed by atoms with Crippen molar-refractivity contribution in [3.8, 4) is 11.6 Å². The molecule has 0 saturated carbocycles. The van der Waals surface area contributed by atoms with Gasteiger partial charge >= 0.3 is 6.36 Å². The predicted octanol–water partition coefficient (Wildman–Crippen LogP) is 5.12. The molecule has 9 nitrogen and oxygen atoms in total. The molecule has 0 bridgehead atoms. The molecule has 0 aliphatic rings. The average Bonchev–Trinajstić information content (AvgIpc) is 2.97. The minimum absolute atomic E-state index is 0.0777. The van der Waals surface area contributed by atoms with Crippen LogP contribution in [0.25, 0.3) is 5.82 Å². The molecule has 0 spiro atoms. The van der Waals surface area contributed by atoms with Crippen LogP contribution in [-0.4, -0.2) is 32.5 Å². The highest BCUT2D eigenvalue weighted by molar-refractivity contribution is 6.31. The number of alkyl halides is 3. The maximum Gasteiger partial charge on any atom is 0.573 e. The van der Waals surface area contributed by atoms with E-state index in [-0.39, 0.29) is 29.2 Å². The topological polar surface area (TPSA) is 107 Å². The smallest absolute Gasteiger partial charge is 0.404 e. The molecule has 0 radical (unpaired) electrons. The number of anilines is 2. The third-order valence-electron chi connectivity index (χ3n) is 5.63. The summed E-state index contributed by atoms with van der Waals surface area (Å²) in [4.78, 5) is 43.0. The molecule has 0 atom stereocenters. The van der Waals surface area contributed by atoms with E-state index in [1.165, 1.54) is 10.7 Å². The fourth-order valence-corrected chi connectivity index (χ4v) is 4.05. The number of rotatable bonds is 8. The average molecular weight is 554 g/mol. The first-order chi connectivity index (χ1) is 17.6. The number of aromatic nitrogens is 3. The van der Waals surface area contributed by atoms with Crippen molar-refractivity contribution in [2.45, 2.75) is 46.9 Å². The van der Waals surface area contributed by atoms with Crippen LogP contribution in [0, 0.1) is 19.3 Å². The maximum absolute atomic E-state index is 13.1. The number of amides is 2. The first kappa shape index (κ1) is 28.8. The summed E-state index contributed by atoms with van der Waals surface area (Å²) in [6, 6.07) is 8.55. The minimum atomic E-state index is -4.96. The minimum Gasteiger partial charge on any atom is -0.404 e. The summed E-state index contributed by atoms with van der Waals surface area (Å²) in [5.41, 5.74) is -0.351. The van der Waals surface area contributed by atoms with Crippen LogP contribution < -0.4 is 20.9 Å². The summed E-state index contributed by atoms with van der Waals surface area (Å²) in [6.45, 7) is 6.75. The van der Waals surface area contributed by atoms with Gasteiger partial charge in [-0.1, -0.05) is 31.5 Å². The van der Waals surface area contributed by atoms with Crippen LogP contribution in [0.4, 0.5) is 24.5 Å². The van der Waals surface area contributed by atoms with Gasteiger partial charge in [-0.05, 0) is 49.6 Å². The van der Waals surface area contributed by atoms with Crippen LogP contribution in [-0.2, 0) is 16.6 Å². The molecule has 3 rings (SSSR count). The predicted molar refractivity (Wildman–Crippen MR) is 137 cm³/mol. The maximum atomic E-state index is 13.1. The van der Waals surface area contributed by atoms with E-state index in [1.54, 1.807) is 57.6 Å². The zero-order chi connectivity index (χ0) is 28.4. The lowest BCUT2D eigenvalue weighted by Gasteiger charge is -2.23. The number of ether oxygens (including phenoxy) is 1. The molecule has 2 heterocycles. The Morgan fingerprint density at radius 1 is 1.05 bits per heavy atom. The van der Waals surface area contributed by atoms with Gasteiger partial charge in [0.25, 0.3) is 5.56 Å². The fourth-order valence-electron chi connectivity index (χ4n) is 3.88. The molecule has 0 aliphatic heterocycles. The summed E-state index contributed by atoms with van der Waals surface area (Å²) in [6.07, 6.45) is -5.34. The number of carbonyl (C=O) groups excluding carboxylic acids is 2. The van der Waals surface area contributed by atoms with Crippen LogP contribution in [0.5, 0.6) is 5.75 Å². The molecule has 0 fully saturated rings. The molecular weight excluding hydrogens is 527 g/mol. The first-order valence-electron chi connectivity index (χ1n) is 11.4. The van der Waals surface area contributed by atoms with Crippen molar-refractivity contribution in [3.05, 3.63) is 63.2 Å². The highest BCUT2D eigenvalue weighted by atomic mass is 35.5. The fraction of sp³-hybridized carbons (Fsp3) is 0.360. The Bertz CT molecular complexity index is 1430. The lowest BCUT2D eigenvalue weighted by atomic mass is 9.85. The van der Waals surface area contributed by atoms with Crippen LogP contribution in [0.15, 0.2) is 41.2 Å². The molecule has 1 aromatic carbocycles. The number of carbonyl (C=O) groups is 2. The summed E-state index contributed by atoms with van der Waals surface area (Å²) < 4.78 is 45.0. The molecule has 2 N–H and O–H groups in total. The van der Waals surface area contributed by atoms with Gasteiger partial charge in [0.2, 0.25) is 11.8 Å². The third-order valence-corrected chi connectivity index (χ3v) is 5.86. The van der Waals surface area contributed by atoms with Gasteiger partial charge in [0.15, 0.2) is 11.6 Å². The van der Waals surface area contributed by atoms with Gasteiger partial charge < -0.3 is 15.4 Å². The Balaban J connectivity index is 1.71. The molecule has 2 amide bonds. The van der Waals surface area contributed by atoms with Crippen LogP contribution >= 0.6 is 11.6 Å². The second kappa shape index (κ2) is 10.9. The van der Waals surface area contributed by atoms with Gasteiger partial charge in [-0.15, -0.1) is 13.2 Å². The number of pyridine rings is 1. The zero-order valence-corrected chi connectivity index (χ0v) is 22.1. The van der Waals surface area contributed by atoms with Gasteiger partial charge in [0.1, 0.15) is 5.69 Å². The van der Waals surface area contributed by atoms with Gasteiger partial charge in [0.05, 0.1) is 11.4 Å². The van der Waals surface area contributed by atoms with Crippen LogP contribution in [0.2, 0.25) is 5.02 Å². The molecule has 0 aliphatic carbocycles. The summed E-state index contributed by atoms with van der Waals surface area (Å²) in [7, 11) is 1.66. The number of hydrogen-bond donors (Lipinski definition) is 2. The number of aryl methyl sites for hydroxylation is 1. The standard InChI is InChI=1S/C25H27ClF3N5O4/c1-14-7-6-8-19(30-14)34-23(37)22(15(2)33(34)5)32-21(36)13-24(3,4)12-20(35)31-17-11-16(26)9-10-18(17)38-25(27,28)29/h6-11H,12-13H2,1-5H3,(H,31,35)(H,32,36). The molecule has 2 aromatic heterocycles. The van der Waals surface area contributed by atoms with Crippen molar-refractivity contribution in [3.63, 3.8) is 0 Å². The largest absolute Gasteiger partial charge is 0.573 e. The third kappa shape index (κ3) is 7.15. The molecule has 13 heteroatoms. The number of hydrogen-bond acceptors (Lipinski definition) is 5. The first-order valence-corrected chi connectivity index (χ1v) is 11.8.